The molecule has 1 fully saturated rings. The largest absolute Gasteiger partial charge is 0.336 e. The van der Waals surface area contributed by atoms with Crippen LogP contribution in [0.1, 0.15) is 45.1 Å². The van der Waals surface area contributed by atoms with Gasteiger partial charge in [-0.2, -0.15) is 0 Å². The lowest BCUT2D eigenvalue weighted by molar-refractivity contribution is -0.130. The molecule has 0 spiro atoms. The topological polar surface area (TPSA) is 71.4 Å². The molecule has 2 aromatic carbocycles. The number of piperidine rings is 1. The second-order valence-electron chi connectivity index (χ2n) is 9.74. The quantitative estimate of drug-likeness (QED) is 0.568. The van der Waals surface area contributed by atoms with Gasteiger partial charge in [0.25, 0.3) is 17.4 Å². The average molecular weight is 486 g/mol. The summed E-state index contributed by atoms with van der Waals surface area (Å²) in [6.07, 6.45) is 2.30. The third-order valence-electron chi connectivity index (χ3n) is 7.22. The van der Waals surface area contributed by atoms with Gasteiger partial charge in [-0.3, -0.25) is 14.4 Å². The van der Waals surface area contributed by atoms with Crippen LogP contribution < -0.4 is 10.9 Å². The SMILES string of the molecule is Cc1ccc(C(=O)NC(=Cc2ccccc2F)C(=O)N2CC3CC(C2)c2cccc(=O)n2C3)cc1C. The fourth-order valence-electron chi connectivity index (χ4n) is 5.21. The molecule has 7 heteroatoms. The Morgan fingerprint density at radius 1 is 0.972 bits per heavy atom. The maximum absolute atomic E-state index is 14.5. The molecule has 1 aromatic heterocycles. The summed E-state index contributed by atoms with van der Waals surface area (Å²) < 4.78 is 16.3. The first-order valence-corrected chi connectivity index (χ1v) is 12.1. The number of aryl methyl sites for hydroxylation is 2. The lowest BCUT2D eigenvalue weighted by Gasteiger charge is -2.43. The van der Waals surface area contributed by atoms with E-state index >= 15 is 0 Å². The fraction of sp³-hybridized carbons (Fsp3) is 0.276. The molecule has 3 aromatic rings. The van der Waals surface area contributed by atoms with Gasteiger partial charge in [-0.15, -0.1) is 0 Å². The van der Waals surface area contributed by atoms with Crippen molar-refractivity contribution < 1.29 is 14.0 Å². The lowest BCUT2D eigenvalue weighted by atomic mass is 9.83. The van der Waals surface area contributed by atoms with Crippen LogP contribution in [0, 0.1) is 25.6 Å². The summed E-state index contributed by atoms with van der Waals surface area (Å²) in [6, 6.07) is 16.7. The molecule has 36 heavy (non-hydrogen) atoms. The van der Waals surface area contributed by atoms with Crippen molar-refractivity contribution in [2.45, 2.75) is 32.7 Å². The van der Waals surface area contributed by atoms with Crippen molar-refractivity contribution in [1.29, 1.82) is 0 Å². The van der Waals surface area contributed by atoms with Gasteiger partial charge in [-0.05, 0) is 67.7 Å². The van der Waals surface area contributed by atoms with Gasteiger partial charge in [0, 0.05) is 48.4 Å². The summed E-state index contributed by atoms with van der Waals surface area (Å²) in [5, 5.41) is 2.76. The maximum atomic E-state index is 14.5. The highest BCUT2D eigenvalue weighted by molar-refractivity contribution is 6.05. The summed E-state index contributed by atoms with van der Waals surface area (Å²) in [5.41, 5.74) is 3.59. The zero-order chi connectivity index (χ0) is 25.4. The molecular weight excluding hydrogens is 457 g/mol. The molecule has 1 saturated heterocycles. The Hall–Kier alpha value is -4.00. The first-order chi connectivity index (χ1) is 17.3. The number of hydrogen-bond donors (Lipinski definition) is 1. The van der Waals surface area contributed by atoms with E-state index in [1.165, 1.54) is 12.1 Å². The van der Waals surface area contributed by atoms with Gasteiger partial charge in [0.05, 0.1) is 0 Å². The number of amides is 2. The van der Waals surface area contributed by atoms with E-state index < -0.39 is 11.7 Å². The number of benzene rings is 2. The van der Waals surface area contributed by atoms with E-state index in [9.17, 15) is 18.8 Å². The number of pyridine rings is 1. The van der Waals surface area contributed by atoms with Crippen LogP contribution in [0.2, 0.25) is 0 Å². The van der Waals surface area contributed by atoms with Crippen LogP contribution in [-0.4, -0.2) is 34.4 Å². The monoisotopic (exact) mass is 485 g/mol. The molecule has 184 valence electrons. The highest BCUT2D eigenvalue weighted by Gasteiger charge is 2.37. The van der Waals surface area contributed by atoms with Crippen molar-refractivity contribution in [3.8, 4) is 0 Å². The van der Waals surface area contributed by atoms with Crippen molar-refractivity contribution in [3.63, 3.8) is 0 Å². The molecule has 2 bridgehead atoms. The molecule has 2 aliphatic heterocycles. The third kappa shape index (κ3) is 4.61. The summed E-state index contributed by atoms with van der Waals surface area (Å²) >= 11 is 0. The molecule has 0 saturated carbocycles. The molecule has 2 amide bonds. The molecule has 2 aliphatic rings. The highest BCUT2D eigenvalue weighted by Crippen LogP contribution is 2.35. The molecule has 1 N–H and O–H groups in total. The summed E-state index contributed by atoms with van der Waals surface area (Å²) in [4.78, 5) is 40.9. The number of nitrogens with zero attached hydrogens (tertiary/aromatic N) is 2. The van der Waals surface area contributed by atoms with Gasteiger partial charge in [0.15, 0.2) is 0 Å². The minimum Gasteiger partial charge on any atom is -0.336 e. The predicted molar refractivity (Wildman–Crippen MR) is 136 cm³/mol. The Bertz CT molecular complexity index is 1440. The number of carbonyl (C=O) groups is 2. The van der Waals surface area contributed by atoms with Crippen LogP contribution in [0.5, 0.6) is 0 Å². The van der Waals surface area contributed by atoms with Crippen LogP contribution in [0.4, 0.5) is 4.39 Å². The minimum absolute atomic E-state index is 0.0220. The number of halogens is 1. The Kier molecular flexibility index (Phi) is 6.31. The van der Waals surface area contributed by atoms with Crippen molar-refractivity contribution in [2.75, 3.05) is 13.1 Å². The van der Waals surface area contributed by atoms with Crippen molar-refractivity contribution in [1.82, 2.24) is 14.8 Å². The first-order valence-electron chi connectivity index (χ1n) is 12.1. The number of fused-ring (bicyclic) bond motifs is 4. The standard InChI is InChI=1S/C29H28FN3O3/c1-18-10-11-22(12-19(18)2)28(35)31-25(14-21-6-3-4-7-24(21)30)29(36)32-15-20-13-23(17-32)26-8-5-9-27(34)33(26)16-20/h3-12,14,20,23H,13,15-17H2,1-2H3,(H,31,35). The minimum atomic E-state index is -0.480. The van der Waals surface area contributed by atoms with Crippen molar-refractivity contribution >= 4 is 17.9 Å². The molecule has 6 nitrogen and oxygen atoms in total. The van der Waals surface area contributed by atoms with Gasteiger partial charge in [-0.25, -0.2) is 4.39 Å². The molecule has 0 radical (unpaired) electrons. The number of carbonyl (C=O) groups excluding carboxylic acids is 2. The number of likely N-dealkylation sites (tertiary alicyclic amines) is 1. The van der Waals surface area contributed by atoms with Gasteiger partial charge >= 0.3 is 0 Å². The molecule has 2 atom stereocenters. The Labute approximate surface area is 209 Å². The zero-order valence-electron chi connectivity index (χ0n) is 20.3. The Morgan fingerprint density at radius 2 is 1.78 bits per heavy atom. The van der Waals surface area contributed by atoms with E-state index in [-0.39, 0.29) is 34.6 Å². The fourth-order valence-corrected chi connectivity index (χ4v) is 5.21. The normalized spacial score (nSPS) is 19.0. The second-order valence-corrected chi connectivity index (χ2v) is 9.74. The molecule has 2 unspecified atom stereocenters. The van der Waals surface area contributed by atoms with Crippen LogP contribution in [0.25, 0.3) is 6.08 Å². The summed E-state index contributed by atoms with van der Waals surface area (Å²) in [6.45, 7) is 5.32. The lowest BCUT2D eigenvalue weighted by Crippen LogP contribution is -2.50. The van der Waals surface area contributed by atoms with Crippen LogP contribution in [-0.2, 0) is 11.3 Å². The maximum Gasteiger partial charge on any atom is 0.270 e. The average Bonchev–Trinajstić information content (AvgIpc) is 2.86. The molecule has 0 aliphatic carbocycles. The number of aromatic nitrogens is 1. The zero-order valence-corrected chi connectivity index (χ0v) is 20.3. The molecular formula is C29H28FN3O3. The van der Waals surface area contributed by atoms with E-state index in [0.717, 1.165) is 23.2 Å². The second kappa shape index (κ2) is 9.57. The van der Waals surface area contributed by atoms with E-state index in [2.05, 4.69) is 5.32 Å². The molecule has 5 rings (SSSR count). The van der Waals surface area contributed by atoms with Crippen LogP contribution in [0.15, 0.2) is 71.2 Å². The Balaban J connectivity index is 1.46. The van der Waals surface area contributed by atoms with Gasteiger partial charge < -0.3 is 14.8 Å². The summed E-state index contributed by atoms with van der Waals surface area (Å²) in [7, 11) is 0. The van der Waals surface area contributed by atoms with E-state index in [1.54, 1.807) is 51.9 Å². The van der Waals surface area contributed by atoms with E-state index in [0.29, 0.717) is 25.2 Å². The van der Waals surface area contributed by atoms with Crippen molar-refractivity contribution in [2.24, 2.45) is 5.92 Å². The van der Waals surface area contributed by atoms with Crippen LogP contribution >= 0.6 is 0 Å². The van der Waals surface area contributed by atoms with Crippen molar-refractivity contribution in [3.05, 3.63) is 110 Å². The van der Waals surface area contributed by atoms with Gasteiger partial charge in [0.2, 0.25) is 0 Å². The number of hydrogen-bond acceptors (Lipinski definition) is 3. The van der Waals surface area contributed by atoms with Gasteiger partial charge in [-0.1, -0.05) is 30.3 Å². The molecule has 3 heterocycles. The summed E-state index contributed by atoms with van der Waals surface area (Å²) in [5.74, 6) is -1.11. The Morgan fingerprint density at radius 3 is 2.56 bits per heavy atom. The van der Waals surface area contributed by atoms with Crippen LogP contribution in [0.3, 0.4) is 0 Å². The van der Waals surface area contributed by atoms with E-state index in [4.69, 9.17) is 0 Å². The van der Waals surface area contributed by atoms with Gasteiger partial charge in [0.1, 0.15) is 11.5 Å². The smallest absolute Gasteiger partial charge is 0.270 e. The van der Waals surface area contributed by atoms with E-state index in [1.807, 2.05) is 26.0 Å². The number of nitrogens with one attached hydrogen (secondary N) is 1. The third-order valence-corrected chi connectivity index (χ3v) is 7.22. The number of rotatable bonds is 4. The highest BCUT2D eigenvalue weighted by atomic mass is 19.1. The predicted octanol–water partition coefficient (Wildman–Crippen LogP) is 4.02. The first kappa shape index (κ1) is 23.7.